The highest BCUT2D eigenvalue weighted by Gasteiger charge is 2.36. The third-order valence-corrected chi connectivity index (χ3v) is 9.59. The quantitative estimate of drug-likeness (QED) is 0.442. The zero-order valence-electron chi connectivity index (χ0n) is 19.8. The van der Waals surface area contributed by atoms with E-state index in [-0.39, 0.29) is 6.04 Å². The molecule has 2 aliphatic rings. The first-order valence-electron chi connectivity index (χ1n) is 12.5. The van der Waals surface area contributed by atoms with Crippen molar-refractivity contribution < 1.29 is 8.42 Å². The minimum Gasteiger partial charge on any atom is -0.368 e. The maximum Gasteiger partial charge on any atom is 0.243 e. The number of aromatic nitrogens is 2. The molecule has 2 saturated heterocycles. The lowest BCUT2D eigenvalue weighted by atomic mass is 10.1. The number of benzene rings is 2. The molecule has 35 heavy (non-hydrogen) atoms. The highest BCUT2D eigenvalue weighted by atomic mass is 32.2. The van der Waals surface area contributed by atoms with Crippen molar-refractivity contribution in [3.8, 4) is 0 Å². The molecule has 0 amide bonds. The van der Waals surface area contributed by atoms with Crippen LogP contribution in [0.1, 0.15) is 19.3 Å². The van der Waals surface area contributed by atoms with Crippen LogP contribution in [0.2, 0.25) is 0 Å². The summed E-state index contributed by atoms with van der Waals surface area (Å²) in [5.41, 5.74) is 3.19. The minimum absolute atomic E-state index is 0.0542. The van der Waals surface area contributed by atoms with Crippen LogP contribution in [0.4, 0.5) is 5.69 Å². The van der Waals surface area contributed by atoms with Gasteiger partial charge in [0, 0.05) is 73.1 Å². The molecular weight excluding hydrogens is 458 g/mol. The van der Waals surface area contributed by atoms with Crippen molar-refractivity contribution in [1.82, 2.24) is 19.2 Å². The maximum absolute atomic E-state index is 13.7. The number of sulfonamides is 1. The number of anilines is 1. The average molecular weight is 490 g/mol. The molecule has 2 aliphatic heterocycles. The topological polar surface area (TPSA) is 72.5 Å². The second kappa shape index (κ2) is 9.26. The van der Waals surface area contributed by atoms with Gasteiger partial charge in [-0.3, -0.25) is 9.88 Å². The number of hydrogen-bond donors (Lipinski definition) is 1. The summed E-state index contributed by atoms with van der Waals surface area (Å²) in [6.07, 6.45) is 6.42. The van der Waals surface area contributed by atoms with E-state index in [0.29, 0.717) is 16.8 Å². The Bertz CT molecular complexity index is 1440. The largest absolute Gasteiger partial charge is 0.368 e. The van der Waals surface area contributed by atoms with E-state index in [1.54, 1.807) is 28.7 Å². The molecule has 4 aromatic rings. The summed E-state index contributed by atoms with van der Waals surface area (Å²) in [4.78, 5) is 13.0. The van der Waals surface area contributed by atoms with E-state index in [9.17, 15) is 8.42 Å². The van der Waals surface area contributed by atoms with E-state index in [4.69, 9.17) is 0 Å². The molecule has 0 radical (unpaired) electrons. The van der Waals surface area contributed by atoms with Gasteiger partial charge in [-0.05, 0) is 68.3 Å². The highest BCUT2D eigenvalue weighted by Crippen LogP contribution is 2.32. The minimum atomic E-state index is -3.56. The van der Waals surface area contributed by atoms with E-state index in [1.165, 1.54) is 16.6 Å². The standard InChI is InChI=1S/C27H31N5O2S/c33-35(34,27-10-2-8-25-23(27)6-3-13-28-25)32-15-4-5-21(32)12-16-30-17-19-31(20-18-30)26-9-1-7-24-22(26)11-14-29-24/h1-3,6-11,13-14,21,29H,4-5,12,15-20H2/t21-/m1/s1. The van der Waals surface area contributed by atoms with E-state index in [2.05, 4.69) is 44.0 Å². The molecule has 0 saturated carbocycles. The molecule has 1 N–H and O–H groups in total. The molecule has 8 heteroatoms. The fourth-order valence-electron chi connectivity index (χ4n) is 5.73. The number of nitrogens with one attached hydrogen (secondary N) is 1. The van der Waals surface area contributed by atoms with Crippen LogP contribution < -0.4 is 4.90 Å². The molecule has 0 spiro atoms. The Morgan fingerprint density at radius 2 is 1.77 bits per heavy atom. The van der Waals surface area contributed by atoms with Gasteiger partial charge in [0.05, 0.1) is 10.4 Å². The van der Waals surface area contributed by atoms with Gasteiger partial charge in [0.2, 0.25) is 10.0 Å². The van der Waals surface area contributed by atoms with Crippen LogP contribution in [0, 0.1) is 0 Å². The highest BCUT2D eigenvalue weighted by molar-refractivity contribution is 7.89. The normalized spacial score (nSPS) is 20.2. The zero-order chi connectivity index (χ0) is 23.8. The van der Waals surface area contributed by atoms with Gasteiger partial charge in [-0.1, -0.05) is 12.1 Å². The molecule has 2 aromatic heterocycles. The summed E-state index contributed by atoms with van der Waals surface area (Å²) in [6, 6.07) is 17.7. The number of pyridine rings is 1. The first-order valence-corrected chi connectivity index (χ1v) is 13.9. The van der Waals surface area contributed by atoms with Gasteiger partial charge < -0.3 is 9.88 Å². The van der Waals surface area contributed by atoms with Crippen molar-refractivity contribution >= 4 is 37.5 Å². The van der Waals surface area contributed by atoms with Gasteiger partial charge in [0.25, 0.3) is 0 Å². The molecule has 4 heterocycles. The van der Waals surface area contributed by atoms with E-state index >= 15 is 0 Å². The van der Waals surface area contributed by atoms with Crippen LogP contribution >= 0.6 is 0 Å². The summed E-state index contributed by atoms with van der Waals surface area (Å²) >= 11 is 0. The Morgan fingerprint density at radius 1 is 0.914 bits per heavy atom. The molecular formula is C27H31N5O2S. The molecule has 1 atom stereocenters. The van der Waals surface area contributed by atoms with Crippen LogP contribution in [-0.2, 0) is 10.0 Å². The fraction of sp³-hybridized carbons (Fsp3) is 0.370. The Balaban J connectivity index is 1.11. The molecule has 2 aromatic carbocycles. The third-order valence-electron chi connectivity index (χ3n) is 7.58. The fourth-order valence-corrected chi connectivity index (χ4v) is 7.66. The third kappa shape index (κ3) is 4.20. The van der Waals surface area contributed by atoms with Gasteiger partial charge in [-0.2, -0.15) is 4.31 Å². The van der Waals surface area contributed by atoms with Crippen molar-refractivity contribution in [2.45, 2.75) is 30.2 Å². The van der Waals surface area contributed by atoms with Crippen molar-refractivity contribution in [2.24, 2.45) is 0 Å². The van der Waals surface area contributed by atoms with Gasteiger partial charge in [-0.25, -0.2) is 8.42 Å². The predicted octanol–water partition coefficient (Wildman–Crippen LogP) is 4.08. The number of rotatable bonds is 6. The Kier molecular flexibility index (Phi) is 5.96. The summed E-state index contributed by atoms with van der Waals surface area (Å²) in [6.45, 7) is 5.48. The van der Waals surface area contributed by atoms with Gasteiger partial charge in [0.15, 0.2) is 0 Å². The Labute approximate surface area is 206 Å². The van der Waals surface area contributed by atoms with Gasteiger partial charge in [0.1, 0.15) is 0 Å². The van der Waals surface area contributed by atoms with E-state index in [1.807, 2.05) is 18.3 Å². The molecule has 182 valence electrons. The van der Waals surface area contributed by atoms with Crippen LogP contribution in [-0.4, -0.2) is 72.9 Å². The first kappa shape index (κ1) is 22.5. The van der Waals surface area contributed by atoms with Crippen LogP contribution in [0.15, 0.2) is 71.9 Å². The number of H-pyrrole nitrogens is 1. The number of hydrogen-bond acceptors (Lipinski definition) is 5. The molecule has 7 nitrogen and oxygen atoms in total. The Morgan fingerprint density at radius 3 is 2.66 bits per heavy atom. The summed E-state index contributed by atoms with van der Waals surface area (Å²) in [7, 11) is -3.56. The van der Waals surface area contributed by atoms with Crippen molar-refractivity contribution in [1.29, 1.82) is 0 Å². The maximum atomic E-state index is 13.7. The van der Waals surface area contributed by atoms with Crippen LogP contribution in [0.25, 0.3) is 21.8 Å². The monoisotopic (exact) mass is 489 g/mol. The van der Waals surface area contributed by atoms with Crippen molar-refractivity contribution in [3.63, 3.8) is 0 Å². The van der Waals surface area contributed by atoms with Crippen molar-refractivity contribution in [2.75, 3.05) is 44.2 Å². The second-order valence-corrected chi connectivity index (χ2v) is 11.4. The zero-order valence-corrected chi connectivity index (χ0v) is 20.6. The summed E-state index contributed by atoms with van der Waals surface area (Å²) < 4.78 is 29.1. The smallest absolute Gasteiger partial charge is 0.243 e. The van der Waals surface area contributed by atoms with E-state index in [0.717, 1.165) is 57.5 Å². The number of piperazine rings is 1. The van der Waals surface area contributed by atoms with Gasteiger partial charge >= 0.3 is 0 Å². The van der Waals surface area contributed by atoms with Crippen molar-refractivity contribution in [3.05, 3.63) is 67.0 Å². The lowest BCUT2D eigenvalue weighted by Crippen LogP contribution is -2.47. The predicted molar refractivity (Wildman–Crippen MR) is 140 cm³/mol. The van der Waals surface area contributed by atoms with Crippen LogP contribution in [0.3, 0.4) is 0 Å². The SMILES string of the molecule is O=S(=O)(c1cccc2ncccc12)N1CCC[C@@H]1CCN1CCN(c2cccc3[nH]ccc23)CC1. The summed E-state index contributed by atoms with van der Waals surface area (Å²) in [5.74, 6) is 0. The number of nitrogens with zero attached hydrogens (tertiary/aromatic N) is 4. The number of aromatic amines is 1. The average Bonchev–Trinajstić information content (AvgIpc) is 3.57. The Hall–Kier alpha value is -2.94. The molecule has 2 fully saturated rings. The van der Waals surface area contributed by atoms with Gasteiger partial charge in [-0.15, -0.1) is 0 Å². The molecule has 0 bridgehead atoms. The summed E-state index contributed by atoms with van der Waals surface area (Å²) in [5, 5.41) is 1.98. The van der Waals surface area contributed by atoms with Crippen LogP contribution in [0.5, 0.6) is 0 Å². The number of fused-ring (bicyclic) bond motifs is 2. The molecule has 0 aliphatic carbocycles. The lowest BCUT2D eigenvalue weighted by Gasteiger charge is -2.37. The molecule has 6 rings (SSSR count). The second-order valence-electron chi connectivity index (χ2n) is 9.57. The molecule has 0 unspecified atom stereocenters. The first-order chi connectivity index (χ1) is 17.1. The lowest BCUT2D eigenvalue weighted by molar-refractivity contribution is 0.232. The van der Waals surface area contributed by atoms with E-state index < -0.39 is 10.0 Å².